The summed E-state index contributed by atoms with van der Waals surface area (Å²) < 4.78 is 34.7. The predicted molar refractivity (Wildman–Crippen MR) is 60.4 cm³/mol. The minimum Gasteiger partial charge on any atom is -0.346 e. The third kappa shape index (κ3) is 2.42. The van der Waals surface area contributed by atoms with E-state index in [4.69, 9.17) is 10.7 Å². The highest BCUT2D eigenvalue weighted by molar-refractivity contribution is 8.13. The van der Waals surface area contributed by atoms with Gasteiger partial charge in [-0.3, -0.25) is 4.79 Å². The molecule has 1 aromatic rings. The maximum Gasteiger partial charge on any atom is 0.261 e. The van der Waals surface area contributed by atoms with Crippen molar-refractivity contribution in [1.29, 1.82) is 0 Å². The lowest BCUT2D eigenvalue weighted by atomic mass is 9.96. The van der Waals surface area contributed by atoms with Gasteiger partial charge in [0.25, 0.3) is 15.0 Å². The average Bonchev–Trinajstić information content (AvgIpc) is 2.27. The molecule has 0 spiro atoms. The van der Waals surface area contributed by atoms with Crippen LogP contribution in [0, 0.1) is 0 Å². The Morgan fingerprint density at radius 2 is 2.18 bits per heavy atom. The molecule has 0 fully saturated rings. The van der Waals surface area contributed by atoms with Crippen LogP contribution in [0.4, 0.5) is 4.39 Å². The summed E-state index contributed by atoms with van der Waals surface area (Å²) in [4.78, 5) is 11.5. The molecule has 0 saturated heterocycles. The second kappa shape index (κ2) is 4.27. The summed E-state index contributed by atoms with van der Waals surface area (Å²) in [5.41, 5.74) is 0.858. The Kier molecular flexibility index (Phi) is 3.09. The molecule has 1 atom stereocenters. The second-order valence-electron chi connectivity index (χ2n) is 3.79. The quantitative estimate of drug-likeness (QED) is 0.827. The summed E-state index contributed by atoms with van der Waals surface area (Å²) in [7, 11) is 1.32. The van der Waals surface area contributed by atoms with Gasteiger partial charge in [0.15, 0.2) is 0 Å². The molecule has 1 aromatic carbocycles. The molecule has 2 rings (SSSR count). The lowest BCUT2D eigenvalue weighted by molar-refractivity contribution is 0.0917. The smallest absolute Gasteiger partial charge is 0.261 e. The summed E-state index contributed by atoms with van der Waals surface area (Å²) in [5.74, 6) is -0.476. The molecule has 0 aliphatic carbocycles. The Bertz CT molecular complexity index is 573. The molecule has 7 heteroatoms. The van der Waals surface area contributed by atoms with Gasteiger partial charge in [0.1, 0.15) is 6.67 Å². The first kappa shape index (κ1) is 12.3. The van der Waals surface area contributed by atoms with Crippen LogP contribution in [-0.4, -0.2) is 27.0 Å². The standard InChI is InChI=1S/C10H9ClFNO3S/c11-17(15,16)8-2-1-6-3-7(5-12)13-10(14)9(6)4-8/h1-2,4,7H,3,5H2,(H,13,14). The molecule has 4 nitrogen and oxygen atoms in total. The highest BCUT2D eigenvalue weighted by Gasteiger charge is 2.25. The van der Waals surface area contributed by atoms with Gasteiger partial charge in [-0.05, 0) is 24.1 Å². The van der Waals surface area contributed by atoms with Crippen LogP contribution in [0.25, 0.3) is 0 Å². The van der Waals surface area contributed by atoms with Crippen LogP contribution in [0.5, 0.6) is 0 Å². The largest absolute Gasteiger partial charge is 0.346 e. The Labute approximate surface area is 102 Å². The van der Waals surface area contributed by atoms with Crippen LogP contribution < -0.4 is 5.32 Å². The summed E-state index contributed by atoms with van der Waals surface area (Å²) in [6, 6.07) is 3.47. The number of benzene rings is 1. The van der Waals surface area contributed by atoms with E-state index in [-0.39, 0.29) is 10.5 Å². The summed E-state index contributed by atoms with van der Waals surface area (Å²) in [6.45, 7) is -0.652. The molecule has 0 saturated carbocycles. The fraction of sp³-hybridized carbons (Fsp3) is 0.300. The van der Waals surface area contributed by atoms with Gasteiger partial charge in [-0.25, -0.2) is 12.8 Å². The van der Waals surface area contributed by atoms with E-state index in [2.05, 4.69) is 5.32 Å². The normalized spacial score (nSPS) is 19.6. The van der Waals surface area contributed by atoms with Crippen molar-refractivity contribution in [3.8, 4) is 0 Å². The predicted octanol–water partition coefficient (Wildman–Crippen LogP) is 1.24. The fourth-order valence-electron chi connectivity index (χ4n) is 1.77. The van der Waals surface area contributed by atoms with Crippen LogP contribution in [0.2, 0.25) is 0 Å². The van der Waals surface area contributed by atoms with Crippen molar-refractivity contribution in [2.24, 2.45) is 0 Å². The molecule has 0 radical (unpaired) electrons. The number of carbonyl (C=O) groups is 1. The zero-order valence-electron chi connectivity index (χ0n) is 8.61. The van der Waals surface area contributed by atoms with Crippen LogP contribution in [-0.2, 0) is 15.5 Å². The molecule has 0 aromatic heterocycles. The van der Waals surface area contributed by atoms with E-state index < -0.39 is 27.7 Å². The van der Waals surface area contributed by atoms with Gasteiger partial charge in [0, 0.05) is 16.2 Å². The number of halogens is 2. The lowest BCUT2D eigenvalue weighted by Crippen LogP contribution is -2.42. The van der Waals surface area contributed by atoms with Crippen LogP contribution in [0.3, 0.4) is 0 Å². The number of nitrogens with one attached hydrogen (secondary N) is 1. The fourth-order valence-corrected chi connectivity index (χ4v) is 2.55. The minimum atomic E-state index is -3.86. The number of amides is 1. The second-order valence-corrected chi connectivity index (χ2v) is 6.35. The highest BCUT2D eigenvalue weighted by atomic mass is 35.7. The number of hydrogen-bond donors (Lipinski definition) is 1. The monoisotopic (exact) mass is 277 g/mol. The van der Waals surface area contributed by atoms with Gasteiger partial charge in [-0.1, -0.05) is 6.07 Å². The number of fused-ring (bicyclic) bond motifs is 1. The van der Waals surface area contributed by atoms with Crippen LogP contribution in [0.1, 0.15) is 15.9 Å². The minimum absolute atomic E-state index is 0.133. The molecule has 1 unspecified atom stereocenters. The Morgan fingerprint density at radius 3 is 2.76 bits per heavy atom. The SMILES string of the molecule is O=C1NC(CF)Cc2ccc(S(=O)(=O)Cl)cc21. The van der Waals surface area contributed by atoms with Crippen molar-refractivity contribution in [1.82, 2.24) is 5.32 Å². The van der Waals surface area contributed by atoms with Crippen molar-refractivity contribution in [2.45, 2.75) is 17.4 Å². The van der Waals surface area contributed by atoms with Crippen molar-refractivity contribution in [3.05, 3.63) is 29.3 Å². The molecule has 1 heterocycles. The first-order chi connectivity index (χ1) is 7.91. The molecule has 1 aliphatic rings. The molecule has 1 aliphatic heterocycles. The Hall–Kier alpha value is -1.14. The van der Waals surface area contributed by atoms with Gasteiger partial charge in [0.05, 0.1) is 10.9 Å². The van der Waals surface area contributed by atoms with Gasteiger partial charge in [0.2, 0.25) is 0 Å². The first-order valence-electron chi connectivity index (χ1n) is 4.86. The zero-order chi connectivity index (χ0) is 12.6. The van der Waals surface area contributed by atoms with E-state index in [1.54, 1.807) is 0 Å². The van der Waals surface area contributed by atoms with Crippen molar-refractivity contribution in [3.63, 3.8) is 0 Å². The van der Waals surface area contributed by atoms with Crippen molar-refractivity contribution >= 4 is 25.6 Å². The Balaban J connectivity index is 2.48. The zero-order valence-corrected chi connectivity index (χ0v) is 10.2. The maximum atomic E-state index is 12.5. The molecule has 92 valence electrons. The van der Waals surface area contributed by atoms with Crippen molar-refractivity contribution < 1.29 is 17.6 Å². The lowest BCUT2D eigenvalue weighted by Gasteiger charge is -2.23. The molecular weight excluding hydrogens is 269 g/mol. The number of carbonyl (C=O) groups excluding carboxylic acids is 1. The maximum absolute atomic E-state index is 12.5. The summed E-state index contributed by atoms with van der Waals surface area (Å²) >= 11 is 0. The average molecular weight is 278 g/mol. The first-order valence-corrected chi connectivity index (χ1v) is 7.17. The van der Waals surface area contributed by atoms with E-state index in [0.29, 0.717) is 12.0 Å². The molecular formula is C10H9ClFNO3S. The van der Waals surface area contributed by atoms with Crippen molar-refractivity contribution in [2.75, 3.05) is 6.67 Å². The van der Waals surface area contributed by atoms with Crippen LogP contribution in [0.15, 0.2) is 23.1 Å². The third-order valence-corrected chi connectivity index (χ3v) is 3.95. The van der Waals surface area contributed by atoms with Gasteiger partial charge >= 0.3 is 0 Å². The number of alkyl halides is 1. The topological polar surface area (TPSA) is 63.2 Å². The van der Waals surface area contributed by atoms with Gasteiger partial charge in [-0.15, -0.1) is 0 Å². The molecule has 0 bridgehead atoms. The summed E-state index contributed by atoms with van der Waals surface area (Å²) in [5, 5.41) is 2.45. The molecule has 17 heavy (non-hydrogen) atoms. The van der Waals surface area contributed by atoms with E-state index in [1.165, 1.54) is 18.2 Å². The third-order valence-electron chi connectivity index (χ3n) is 2.60. The molecule has 1 N–H and O–H groups in total. The number of hydrogen-bond acceptors (Lipinski definition) is 3. The van der Waals surface area contributed by atoms with E-state index >= 15 is 0 Å². The number of rotatable bonds is 2. The molecule has 1 amide bonds. The van der Waals surface area contributed by atoms with Crippen LogP contribution >= 0.6 is 10.7 Å². The highest BCUT2D eigenvalue weighted by Crippen LogP contribution is 2.23. The van der Waals surface area contributed by atoms with E-state index in [1.807, 2.05) is 0 Å². The van der Waals surface area contributed by atoms with Gasteiger partial charge < -0.3 is 5.32 Å². The van der Waals surface area contributed by atoms with Gasteiger partial charge in [-0.2, -0.15) is 0 Å². The Morgan fingerprint density at radius 1 is 1.47 bits per heavy atom. The van der Waals surface area contributed by atoms with E-state index in [0.717, 1.165) is 0 Å². The summed E-state index contributed by atoms with van der Waals surface area (Å²) in [6.07, 6.45) is 0.347. The van der Waals surface area contributed by atoms with E-state index in [9.17, 15) is 17.6 Å².